The molecule has 1 N–H and O–H groups in total. The van der Waals surface area contributed by atoms with Gasteiger partial charge >= 0.3 is 0 Å². The zero-order valence-electron chi connectivity index (χ0n) is 11.0. The van der Waals surface area contributed by atoms with E-state index in [1.807, 2.05) is 12.1 Å². The third-order valence-corrected chi connectivity index (χ3v) is 3.97. The monoisotopic (exact) mass is 251 g/mol. The Morgan fingerprint density at radius 1 is 1.22 bits per heavy atom. The van der Waals surface area contributed by atoms with Gasteiger partial charge in [0.2, 0.25) is 0 Å². The highest BCUT2D eigenvalue weighted by Crippen LogP contribution is 2.38. The molecule has 2 nitrogen and oxygen atoms in total. The van der Waals surface area contributed by atoms with Gasteiger partial charge in [-0.25, -0.2) is 4.39 Å². The van der Waals surface area contributed by atoms with Crippen LogP contribution in [0.25, 0.3) is 0 Å². The van der Waals surface area contributed by atoms with Crippen LogP contribution >= 0.6 is 0 Å². The molecule has 1 aliphatic rings. The normalized spacial score (nSPS) is 18.4. The number of rotatable bonds is 5. The first-order valence-corrected chi connectivity index (χ1v) is 6.67. The van der Waals surface area contributed by atoms with E-state index < -0.39 is 0 Å². The summed E-state index contributed by atoms with van der Waals surface area (Å²) in [6, 6.07) is 6.65. The molecule has 1 aliphatic carbocycles. The zero-order chi connectivity index (χ0) is 13.0. The zero-order valence-corrected chi connectivity index (χ0v) is 11.0. The van der Waals surface area contributed by atoms with Crippen molar-refractivity contribution in [1.29, 1.82) is 0 Å². The Hall–Kier alpha value is -0.930. The second-order valence-electron chi connectivity index (χ2n) is 5.66. The molecule has 0 spiro atoms. The Morgan fingerprint density at radius 3 is 2.39 bits per heavy atom. The highest BCUT2D eigenvalue weighted by molar-refractivity contribution is 5.15. The minimum atomic E-state index is -0.191. The number of benzene rings is 1. The largest absolute Gasteiger partial charge is 0.396 e. The second-order valence-corrected chi connectivity index (χ2v) is 5.66. The Bertz CT molecular complexity index is 371. The minimum Gasteiger partial charge on any atom is -0.396 e. The molecule has 0 unspecified atom stereocenters. The van der Waals surface area contributed by atoms with Gasteiger partial charge in [-0.15, -0.1) is 0 Å². The number of hydrogen-bond donors (Lipinski definition) is 1. The Kier molecular flexibility index (Phi) is 4.36. The molecular weight excluding hydrogens is 229 g/mol. The number of hydrogen-bond acceptors (Lipinski definition) is 2. The summed E-state index contributed by atoms with van der Waals surface area (Å²) < 4.78 is 12.8. The number of nitrogens with zero attached hydrogens (tertiary/aromatic N) is 1. The first kappa shape index (κ1) is 13.5. The van der Waals surface area contributed by atoms with Gasteiger partial charge in [-0.3, -0.25) is 0 Å². The van der Waals surface area contributed by atoms with Crippen LogP contribution in [-0.4, -0.2) is 30.2 Å². The summed E-state index contributed by atoms with van der Waals surface area (Å²) in [4.78, 5) is 2.23. The SMILES string of the molecule is CN(Cc1ccc(F)cc1)CC1(CO)CCCC1. The van der Waals surface area contributed by atoms with Crippen LogP contribution in [0.3, 0.4) is 0 Å². The van der Waals surface area contributed by atoms with Gasteiger partial charge in [0.1, 0.15) is 5.82 Å². The molecule has 1 fully saturated rings. The average Bonchev–Trinajstić information content (AvgIpc) is 2.81. The van der Waals surface area contributed by atoms with Crippen molar-refractivity contribution in [3.63, 3.8) is 0 Å². The maximum absolute atomic E-state index is 12.8. The van der Waals surface area contributed by atoms with Gasteiger partial charge in [0.05, 0.1) is 0 Å². The summed E-state index contributed by atoms with van der Waals surface area (Å²) in [6.07, 6.45) is 4.70. The lowest BCUT2D eigenvalue weighted by molar-refractivity contribution is 0.0864. The maximum atomic E-state index is 12.8. The Morgan fingerprint density at radius 2 is 1.83 bits per heavy atom. The molecule has 0 heterocycles. The van der Waals surface area contributed by atoms with Crippen molar-refractivity contribution >= 4 is 0 Å². The van der Waals surface area contributed by atoms with E-state index >= 15 is 0 Å². The molecular formula is C15H22FNO. The van der Waals surface area contributed by atoms with Crippen LogP contribution in [0.5, 0.6) is 0 Å². The molecule has 0 amide bonds. The van der Waals surface area contributed by atoms with Crippen molar-refractivity contribution in [2.45, 2.75) is 32.2 Å². The topological polar surface area (TPSA) is 23.5 Å². The highest BCUT2D eigenvalue weighted by Gasteiger charge is 2.34. The van der Waals surface area contributed by atoms with Gasteiger partial charge in [0.25, 0.3) is 0 Å². The van der Waals surface area contributed by atoms with Crippen LogP contribution in [0.1, 0.15) is 31.2 Å². The van der Waals surface area contributed by atoms with Crippen LogP contribution in [0.4, 0.5) is 4.39 Å². The second kappa shape index (κ2) is 5.81. The van der Waals surface area contributed by atoms with Crippen LogP contribution in [0.15, 0.2) is 24.3 Å². The summed E-state index contributed by atoms with van der Waals surface area (Å²) >= 11 is 0. The van der Waals surface area contributed by atoms with Gasteiger partial charge < -0.3 is 10.0 Å². The minimum absolute atomic E-state index is 0.0920. The van der Waals surface area contributed by atoms with Crippen LogP contribution in [0.2, 0.25) is 0 Å². The molecule has 0 radical (unpaired) electrons. The molecule has 0 bridgehead atoms. The van der Waals surface area contributed by atoms with Crippen molar-refractivity contribution in [2.75, 3.05) is 20.2 Å². The van der Waals surface area contributed by atoms with Gasteiger partial charge in [-0.2, -0.15) is 0 Å². The molecule has 0 saturated heterocycles. The predicted octanol–water partition coefficient (Wildman–Crippen LogP) is 2.81. The maximum Gasteiger partial charge on any atom is 0.123 e. The van der Waals surface area contributed by atoms with Crippen molar-refractivity contribution < 1.29 is 9.50 Å². The lowest BCUT2D eigenvalue weighted by Gasteiger charge is -2.31. The Labute approximate surface area is 108 Å². The van der Waals surface area contributed by atoms with E-state index in [4.69, 9.17) is 0 Å². The van der Waals surface area contributed by atoms with Crippen molar-refractivity contribution in [3.8, 4) is 0 Å². The summed E-state index contributed by atoms with van der Waals surface area (Å²) in [6.45, 7) is 2.00. The predicted molar refractivity (Wildman–Crippen MR) is 70.7 cm³/mol. The first-order valence-electron chi connectivity index (χ1n) is 6.67. The molecule has 1 aromatic rings. The lowest BCUT2D eigenvalue weighted by atomic mass is 9.86. The summed E-state index contributed by atoms with van der Waals surface area (Å²) in [5.74, 6) is -0.191. The van der Waals surface area contributed by atoms with Crippen molar-refractivity contribution in [2.24, 2.45) is 5.41 Å². The van der Waals surface area contributed by atoms with Gasteiger partial charge in [-0.1, -0.05) is 25.0 Å². The van der Waals surface area contributed by atoms with E-state index in [2.05, 4.69) is 11.9 Å². The molecule has 0 atom stereocenters. The lowest BCUT2D eigenvalue weighted by Crippen LogP contribution is -2.36. The summed E-state index contributed by atoms with van der Waals surface area (Å²) in [7, 11) is 2.07. The van der Waals surface area contributed by atoms with E-state index in [1.54, 1.807) is 0 Å². The molecule has 18 heavy (non-hydrogen) atoms. The molecule has 1 aromatic carbocycles. The standard InChI is InChI=1S/C15H22FNO/c1-17(10-13-4-6-14(16)7-5-13)11-15(12-18)8-2-3-9-15/h4-7,18H,2-3,8-12H2,1H3. The third-order valence-electron chi connectivity index (χ3n) is 3.97. The first-order chi connectivity index (χ1) is 8.63. The molecule has 0 aliphatic heterocycles. The highest BCUT2D eigenvalue weighted by atomic mass is 19.1. The van der Waals surface area contributed by atoms with E-state index in [0.29, 0.717) is 0 Å². The van der Waals surface area contributed by atoms with Crippen molar-refractivity contribution in [1.82, 2.24) is 4.90 Å². The average molecular weight is 251 g/mol. The molecule has 2 rings (SSSR count). The smallest absolute Gasteiger partial charge is 0.123 e. The third kappa shape index (κ3) is 3.30. The molecule has 1 saturated carbocycles. The van der Waals surface area contributed by atoms with Gasteiger partial charge in [-0.05, 0) is 37.6 Å². The van der Waals surface area contributed by atoms with Crippen molar-refractivity contribution in [3.05, 3.63) is 35.6 Å². The number of aliphatic hydroxyl groups excluding tert-OH is 1. The number of aliphatic hydroxyl groups is 1. The Balaban J connectivity index is 1.91. The summed E-state index contributed by atoms with van der Waals surface area (Å²) in [5.41, 5.74) is 1.21. The van der Waals surface area contributed by atoms with Gasteiger partial charge in [0.15, 0.2) is 0 Å². The van der Waals surface area contributed by atoms with Crippen LogP contribution in [0, 0.1) is 11.2 Å². The van der Waals surface area contributed by atoms with E-state index in [-0.39, 0.29) is 17.8 Å². The summed E-state index contributed by atoms with van der Waals surface area (Å²) in [5, 5.41) is 9.59. The van der Waals surface area contributed by atoms with Gasteiger partial charge in [0, 0.05) is 25.1 Å². The number of halogens is 1. The quantitative estimate of drug-likeness (QED) is 0.870. The fourth-order valence-electron chi connectivity index (χ4n) is 3.02. The van der Waals surface area contributed by atoms with E-state index in [9.17, 15) is 9.50 Å². The van der Waals surface area contributed by atoms with E-state index in [0.717, 1.165) is 31.5 Å². The van der Waals surface area contributed by atoms with Crippen LogP contribution in [-0.2, 0) is 6.54 Å². The van der Waals surface area contributed by atoms with E-state index in [1.165, 1.54) is 25.0 Å². The van der Waals surface area contributed by atoms with Crippen LogP contribution < -0.4 is 0 Å². The fraction of sp³-hybridized carbons (Fsp3) is 0.600. The fourth-order valence-corrected chi connectivity index (χ4v) is 3.02. The molecule has 0 aromatic heterocycles. The molecule has 3 heteroatoms. The molecule has 100 valence electrons.